The molecule has 0 fully saturated rings. The minimum absolute atomic E-state index is 0.280. The Morgan fingerprint density at radius 3 is 2.43 bits per heavy atom. The van der Waals surface area contributed by atoms with Crippen LogP contribution >= 0.6 is 23.2 Å². The number of halogens is 2. The van der Waals surface area contributed by atoms with Crippen molar-refractivity contribution in [2.24, 2.45) is 0 Å². The van der Waals surface area contributed by atoms with Gasteiger partial charge in [0.15, 0.2) is 6.29 Å². The second-order valence-corrected chi connectivity index (χ2v) is 4.98. The van der Waals surface area contributed by atoms with E-state index < -0.39 is 6.29 Å². The molecule has 21 heavy (non-hydrogen) atoms. The molecule has 0 unspecified atom stereocenters. The monoisotopic (exact) mass is 334 g/mol. The molecule has 2 amide bonds. The Balaban J connectivity index is 2.36. The topological polar surface area (TPSA) is 59.6 Å². The highest BCUT2D eigenvalue weighted by Crippen LogP contribution is 2.20. The van der Waals surface area contributed by atoms with Gasteiger partial charge >= 0.3 is 6.03 Å². The second kappa shape index (κ2) is 9.84. The Morgan fingerprint density at radius 2 is 1.86 bits per heavy atom. The van der Waals surface area contributed by atoms with E-state index in [9.17, 15) is 4.79 Å². The number of carbonyl (C=O) groups is 1. The number of amides is 2. The van der Waals surface area contributed by atoms with Gasteiger partial charge in [-0.3, -0.25) is 0 Å². The van der Waals surface area contributed by atoms with Crippen LogP contribution in [-0.2, 0) is 16.0 Å². The summed E-state index contributed by atoms with van der Waals surface area (Å²) in [4.78, 5) is 11.7. The first kappa shape index (κ1) is 18.0. The summed E-state index contributed by atoms with van der Waals surface area (Å²) in [5.74, 6) is 0. The first-order chi connectivity index (χ1) is 10.1. The van der Waals surface area contributed by atoms with Gasteiger partial charge in [0, 0.05) is 29.8 Å². The number of ether oxygens (including phenoxy) is 2. The van der Waals surface area contributed by atoms with Crippen LogP contribution in [0.4, 0.5) is 4.79 Å². The zero-order valence-corrected chi connectivity index (χ0v) is 13.6. The van der Waals surface area contributed by atoms with Gasteiger partial charge in [-0.15, -0.1) is 0 Å². The molecule has 0 spiro atoms. The highest BCUT2D eigenvalue weighted by Gasteiger charge is 2.10. The molecule has 0 aliphatic heterocycles. The first-order valence-corrected chi connectivity index (χ1v) is 7.51. The molecule has 0 heterocycles. The van der Waals surface area contributed by atoms with Crippen LogP contribution in [0.15, 0.2) is 18.2 Å². The van der Waals surface area contributed by atoms with Crippen LogP contribution in [-0.4, -0.2) is 32.1 Å². The van der Waals surface area contributed by atoms with Gasteiger partial charge in [-0.1, -0.05) is 29.3 Å². The van der Waals surface area contributed by atoms with Crippen molar-refractivity contribution in [3.63, 3.8) is 0 Å². The lowest BCUT2D eigenvalue weighted by Crippen LogP contribution is -2.41. The number of hydrogen-bond acceptors (Lipinski definition) is 3. The van der Waals surface area contributed by atoms with Crippen LogP contribution in [0.1, 0.15) is 19.4 Å². The van der Waals surface area contributed by atoms with Crippen LogP contribution in [0.3, 0.4) is 0 Å². The molecule has 1 aromatic carbocycles. The molecular weight excluding hydrogens is 315 g/mol. The van der Waals surface area contributed by atoms with Crippen LogP contribution in [0, 0.1) is 0 Å². The molecule has 0 bridgehead atoms. The van der Waals surface area contributed by atoms with Crippen molar-refractivity contribution in [3.8, 4) is 0 Å². The van der Waals surface area contributed by atoms with Crippen molar-refractivity contribution in [2.75, 3.05) is 19.8 Å². The van der Waals surface area contributed by atoms with E-state index in [-0.39, 0.29) is 12.6 Å². The molecular formula is C14H20Cl2N2O3. The Morgan fingerprint density at radius 1 is 1.19 bits per heavy atom. The fourth-order valence-corrected chi connectivity index (χ4v) is 2.09. The largest absolute Gasteiger partial charge is 0.351 e. The molecule has 1 aromatic rings. The molecule has 1 rings (SSSR count). The summed E-state index contributed by atoms with van der Waals surface area (Å²) in [7, 11) is 0. The summed E-state index contributed by atoms with van der Waals surface area (Å²) in [6, 6.07) is 4.82. The van der Waals surface area contributed by atoms with E-state index in [4.69, 9.17) is 32.7 Å². The maximum Gasteiger partial charge on any atom is 0.315 e. The van der Waals surface area contributed by atoms with Gasteiger partial charge in [0.25, 0.3) is 0 Å². The zero-order valence-electron chi connectivity index (χ0n) is 12.1. The lowest BCUT2D eigenvalue weighted by Gasteiger charge is -2.17. The van der Waals surface area contributed by atoms with Gasteiger partial charge in [0.05, 0.1) is 6.54 Å². The Kier molecular flexibility index (Phi) is 8.45. The number of rotatable bonds is 8. The van der Waals surface area contributed by atoms with E-state index in [0.717, 1.165) is 5.56 Å². The lowest BCUT2D eigenvalue weighted by molar-refractivity contribution is -0.131. The van der Waals surface area contributed by atoms with Crippen LogP contribution in [0.2, 0.25) is 10.0 Å². The van der Waals surface area contributed by atoms with Crippen molar-refractivity contribution in [2.45, 2.75) is 26.7 Å². The summed E-state index contributed by atoms with van der Waals surface area (Å²) in [6.45, 7) is 5.38. The van der Waals surface area contributed by atoms with E-state index in [0.29, 0.717) is 29.8 Å². The fraction of sp³-hybridized carbons (Fsp3) is 0.500. The summed E-state index contributed by atoms with van der Waals surface area (Å²) in [5, 5.41) is 6.47. The van der Waals surface area contributed by atoms with Crippen LogP contribution < -0.4 is 10.6 Å². The third kappa shape index (κ3) is 7.00. The maximum atomic E-state index is 11.7. The minimum Gasteiger partial charge on any atom is -0.351 e. The van der Waals surface area contributed by atoms with Crippen molar-refractivity contribution >= 4 is 29.2 Å². The lowest BCUT2D eigenvalue weighted by atomic mass is 10.2. The average Bonchev–Trinajstić information content (AvgIpc) is 2.44. The van der Waals surface area contributed by atoms with E-state index in [2.05, 4.69) is 10.6 Å². The van der Waals surface area contributed by atoms with Crippen molar-refractivity contribution in [1.82, 2.24) is 10.6 Å². The number of carbonyl (C=O) groups excluding carboxylic acids is 1. The molecule has 7 heteroatoms. The molecule has 0 radical (unpaired) electrons. The minimum atomic E-state index is -0.440. The van der Waals surface area contributed by atoms with Gasteiger partial charge < -0.3 is 20.1 Å². The van der Waals surface area contributed by atoms with E-state index >= 15 is 0 Å². The normalized spacial score (nSPS) is 10.7. The molecule has 0 aliphatic carbocycles. The summed E-state index contributed by atoms with van der Waals surface area (Å²) in [6.07, 6.45) is -0.440. The highest BCUT2D eigenvalue weighted by molar-refractivity contribution is 6.35. The number of urea groups is 1. The molecule has 5 nitrogen and oxygen atoms in total. The molecule has 118 valence electrons. The van der Waals surface area contributed by atoms with E-state index in [1.165, 1.54) is 0 Å². The first-order valence-electron chi connectivity index (χ1n) is 6.75. The van der Waals surface area contributed by atoms with Gasteiger partial charge in [0.1, 0.15) is 0 Å². The fourth-order valence-electron chi connectivity index (χ4n) is 1.62. The van der Waals surface area contributed by atoms with Crippen molar-refractivity contribution in [1.29, 1.82) is 0 Å². The Bertz CT molecular complexity index is 452. The Hall–Kier alpha value is -1.01. The predicted molar refractivity (Wildman–Crippen MR) is 83.7 cm³/mol. The predicted octanol–water partition coefficient (Wildman–Crippen LogP) is 3.19. The third-order valence-corrected chi connectivity index (χ3v) is 3.18. The maximum absolute atomic E-state index is 11.7. The van der Waals surface area contributed by atoms with Crippen molar-refractivity contribution < 1.29 is 14.3 Å². The number of benzene rings is 1. The standard InChI is InChI=1S/C14H20Cl2N2O3/c1-3-20-13(21-4-2)9-18-14(19)17-8-10-5-6-11(15)7-12(10)16/h5-7,13H,3-4,8-9H2,1-2H3,(H2,17,18,19). The van der Waals surface area contributed by atoms with Crippen LogP contribution in [0.25, 0.3) is 0 Å². The van der Waals surface area contributed by atoms with Gasteiger partial charge in [-0.2, -0.15) is 0 Å². The molecule has 0 saturated heterocycles. The molecule has 2 N–H and O–H groups in total. The Labute approximate surface area is 134 Å². The molecule has 0 aromatic heterocycles. The number of nitrogens with one attached hydrogen (secondary N) is 2. The van der Waals surface area contributed by atoms with Gasteiger partial charge in [-0.05, 0) is 31.5 Å². The quantitative estimate of drug-likeness (QED) is 0.718. The third-order valence-electron chi connectivity index (χ3n) is 2.59. The van der Waals surface area contributed by atoms with Crippen molar-refractivity contribution in [3.05, 3.63) is 33.8 Å². The summed E-state index contributed by atoms with van der Waals surface area (Å²) >= 11 is 11.8. The van der Waals surface area contributed by atoms with Gasteiger partial charge in [0.2, 0.25) is 0 Å². The zero-order chi connectivity index (χ0) is 15.7. The SMILES string of the molecule is CCOC(CNC(=O)NCc1ccc(Cl)cc1Cl)OCC. The highest BCUT2D eigenvalue weighted by atomic mass is 35.5. The van der Waals surface area contributed by atoms with E-state index in [1.54, 1.807) is 18.2 Å². The molecule has 0 atom stereocenters. The van der Waals surface area contributed by atoms with E-state index in [1.807, 2.05) is 13.8 Å². The molecule has 0 saturated carbocycles. The van der Waals surface area contributed by atoms with Crippen LogP contribution in [0.5, 0.6) is 0 Å². The summed E-state index contributed by atoms with van der Waals surface area (Å²) < 4.78 is 10.7. The number of hydrogen-bond donors (Lipinski definition) is 2. The second-order valence-electron chi connectivity index (χ2n) is 4.14. The molecule has 0 aliphatic rings. The smallest absolute Gasteiger partial charge is 0.315 e. The van der Waals surface area contributed by atoms with Gasteiger partial charge in [-0.25, -0.2) is 4.79 Å². The average molecular weight is 335 g/mol. The summed E-state index contributed by atoms with van der Waals surface area (Å²) in [5.41, 5.74) is 0.794.